The molecular weight excluding hydrogens is 222 g/mol. The second-order valence-corrected chi connectivity index (χ2v) is 6.73. The van der Waals surface area contributed by atoms with Gasteiger partial charge < -0.3 is 10.1 Å². The second kappa shape index (κ2) is 6.91. The van der Waals surface area contributed by atoms with Crippen molar-refractivity contribution in [3.05, 3.63) is 0 Å². The Morgan fingerprint density at radius 3 is 2.50 bits per heavy atom. The van der Waals surface area contributed by atoms with E-state index in [0.717, 1.165) is 6.54 Å². The summed E-state index contributed by atoms with van der Waals surface area (Å²) >= 11 is 0. The lowest BCUT2D eigenvalue weighted by molar-refractivity contribution is -0.0376. The van der Waals surface area contributed by atoms with Crippen LogP contribution in [0.5, 0.6) is 0 Å². The molecule has 1 heterocycles. The Morgan fingerprint density at radius 1 is 1.33 bits per heavy atom. The summed E-state index contributed by atoms with van der Waals surface area (Å²) in [5.41, 5.74) is 0.546. The normalized spacial score (nSPS) is 26.2. The highest BCUT2D eigenvalue weighted by Gasteiger charge is 2.37. The first-order valence-corrected chi connectivity index (χ1v) is 7.79. The molecule has 2 nitrogen and oxygen atoms in total. The number of ether oxygens (including phenoxy) is 1. The number of rotatable bonds is 8. The minimum Gasteiger partial charge on any atom is -0.372 e. The quantitative estimate of drug-likeness (QED) is 0.704. The van der Waals surface area contributed by atoms with Gasteiger partial charge in [0.1, 0.15) is 0 Å². The van der Waals surface area contributed by atoms with Crippen LogP contribution in [0.25, 0.3) is 0 Å². The molecule has 0 aliphatic carbocycles. The highest BCUT2D eigenvalue weighted by molar-refractivity contribution is 4.88. The summed E-state index contributed by atoms with van der Waals surface area (Å²) in [5.74, 6) is 0. The summed E-state index contributed by atoms with van der Waals surface area (Å²) in [6.45, 7) is 10.2. The van der Waals surface area contributed by atoms with Crippen molar-refractivity contribution in [2.24, 2.45) is 5.41 Å². The van der Waals surface area contributed by atoms with Crippen LogP contribution in [0.3, 0.4) is 0 Å². The minimum atomic E-state index is 0.106. The van der Waals surface area contributed by atoms with Gasteiger partial charge in [-0.2, -0.15) is 0 Å². The molecular formula is C16H33NO. The number of unbranched alkanes of at least 4 members (excludes halogenated alkanes) is 1. The van der Waals surface area contributed by atoms with Gasteiger partial charge in [0.25, 0.3) is 0 Å². The number of hydrogen-bond acceptors (Lipinski definition) is 2. The average Bonchev–Trinajstić information content (AvgIpc) is 2.66. The zero-order valence-electron chi connectivity index (χ0n) is 13.1. The van der Waals surface area contributed by atoms with Crippen molar-refractivity contribution >= 4 is 0 Å². The molecule has 1 rings (SSSR count). The molecule has 1 fully saturated rings. The van der Waals surface area contributed by atoms with Gasteiger partial charge in [-0.25, -0.2) is 0 Å². The molecule has 108 valence electrons. The van der Waals surface area contributed by atoms with Crippen molar-refractivity contribution in [2.75, 3.05) is 13.6 Å². The van der Waals surface area contributed by atoms with Crippen LogP contribution in [0.15, 0.2) is 0 Å². The minimum absolute atomic E-state index is 0.106. The van der Waals surface area contributed by atoms with E-state index >= 15 is 0 Å². The second-order valence-electron chi connectivity index (χ2n) is 6.73. The van der Waals surface area contributed by atoms with E-state index in [2.05, 4.69) is 40.1 Å². The Balaban J connectivity index is 2.59. The van der Waals surface area contributed by atoms with Gasteiger partial charge in [0, 0.05) is 6.54 Å². The summed E-state index contributed by atoms with van der Waals surface area (Å²) in [4.78, 5) is 0. The average molecular weight is 255 g/mol. The summed E-state index contributed by atoms with van der Waals surface area (Å²) in [7, 11) is 2.08. The lowest BCUT2D eigenvalue weighted by atomic mass is 9.75. The summed E-state index contributed by atoms with van der Waals surface area (Å²) in [6.07, 6.45) is 9.39. The van der Waals surface area contributed by atoms with Crippen molar-refractivity contribution in [1.29, 1.82) is 0 Å². The molecule has 0 aromatic carbocycles. The first kappa shape index (κ1) is 16.0. The molecule has 0 saturated carbocycles. The predicted octanol–water partition coefficient (Wildman–Crippen LogP) is 4.14. The Hall–Kier alpha value is -0.0800. The third kappa shape index (κ3) is 4.55. The molecule has 0 spiro atoms. The van der Waals surface area contributed by atoms with Crippen LogP contribution in [0, 0.1) is 5.41 Å². The van der Waals surface area contributed by atoms with E-state index in [0.29, 0.717) is 11.5 Å². The Kier molecular flexibility index (Phi) is 6.13. The van der Waals surface area contributed by atoms with E-state index < -0.39 is 0 Å². The monoisotopic (exact) mass is 255 g/mol. The Labute approximate surface area is 114 Å². The molecule has 1 aliphatic rings. The fourth-order valence-corrected chi connectivity index (χ4v) is 3.34. The van der Waals surface area contributed by atoms with Crippen molar-refractivity contribution < 1.29 is 4.74 Å². The summed E-state index contributed by atoms with van der Waals surface area (Å²) in [5, 5.41) is 3.41. The van der Waals surface area contributed by atoms with Crippen molar-refractivity contribution in [1.82, 2.24) is 5.32 Å². The standard InChI is InChI=1S/C16H33NO/c1-6-8-10-16(7-2,13-17-5)12-14-9-11-15(3,4)18-14/h14,17H,6-13H2,1-5H3. The fourth-order valence-electron chi connectivity index (χ4n) is 3.34. The zero-order valence-corrected chi connectivity index (χ0v) is 13.1. The molecule has 0 aromatic heterocycles. The molecule has 2 atom stereocenters. The topological polar surface area (TPSA) is 21.3 Å². The van der Waals surface area contributed by atoms with Crippen molar-refractivity contribution in [3.8, 4) is 0 Å². The van der Waals surface area contributed by atoms with Crippen LogP contribution in [0.1, 0.15) is 72.6 Å². The van der Waals surface area contributed by atoms with Gasteiger partial charge in [-0.05, 0) is 58.4 Å². The van der Waals surface area contributed by atoms with Crippen LogP contribution in [-0.2, 0) is 4.74 Å². The van der Waals surface area contributed by atoms with E-state index in [4.69, 9.17) is 4.74 Å². The Bertz CT molecular complexity index is 239. The lowest BCUT2D eigenvalue weighted by Gasteiger charge is -2.35. The van der Waals surface area contributed by atoms with Gasteiger partial charge in [-0.15, -0.1) is 0 Å². The fraction of sp³-hybridized carbons (Fsp3) is 1.00. The van der Waals surface area contributed by atoms with Crippen LogP contribution >= 0.6 is 0 Å². The largest absolute Gasteiger partial charge is 0.372 e. The zero-order chi connectivity index (χ0) is 13.6. The first-order chi connectivity index (χ1) is 8.47. The van der Waals surface area contributed by atoms with Gasteiger partial charge in [0.15, 0.2) is 0 Å². The summed E-state index contributed by atoms with van der Waals surface area (Å²) in [6, 6.07) is 0. The molecule has 1 aliphatic heterocycles. The highest BCUT2D eigenvalue weighted by atomic mass is 16.5. The van der Waals surface area contributed by atoms with E-state index in [-0.39, 0.29) is 5.60 Å². The van der Waals surface area contributed by atoms with Crippen molar-refractivity contribution in [3.63, 3.8) is 0 Å². The number of hydrogen-bond donors (Lipinski definition) is 1. The van der Waals surface area contributed by atoms with Gasteiger partial charge in [-0.1, -0.05) is 26.7 Å². The molecule has 2 unspecified atom stereocenters. The predicted molar refractivity (Wildman–Crippen MR) is 79.0 cm³/mol. The summed E-state index contributed by atoms with van der Waals surface area (Å²) < 4.78 is 6.20. The van der Waals surface area contributed by atoms with E-state index in [1.165, 1.54) is 44.9 Å². The lowest BCUT2D eigenvalue weighted by Crippen LogP contribution is -2.36. The molecule has 0 bridgehead atoms. The third-order valence-electron chi connectivity index (χ3n) is 4.58. The van der Waals surface area contributed by atoms with Gasteiger partial charge >= 0.3 is 0 Å². The van der Waals surface area contributed by atoms with Crippen LogP contribution in [-0.4, -0.2) is 25.3 Å². The molecule has 0 radical (unpaired) electrons. The van der Waals surface area contributed by atoms with Crippen LogP contribution in [0.2, 0.25) is 0 Å². The molecule has 0 amide bonds. The maximum atomic E-state index is 6.20. The van der Waals surface area contributed by atoms with E-state index in [1.54, 1.807) is 0 Å². The molecule has 18 heavy (non-hydrogen) atoms. The van der Waals surface area contributed by atoms with Gasteiger partial charge in [0.2, 0.25) is 0 Å². The van der Waals surface area contributed by atoms with Gasteiger partial charge in [-0.3, -0.25) is 0 Å². The SMILES string of the molecule is CCCCC(CC)(CNC)CC1CCC(C)(C)O1. The van der Waals surface area contributed by atoms with E-state index in [9.17, 15) is 0 Å². The maximum Gasteiger partial charge on any atom is 0.0631 e. The van der Waals surface area contributed by atoms with Crippen molar-refractivity contribution in [2.45, 2.75) is 84.3 Å². The smallest absolute Gasteiger partial charge is 0.0631 e. The highest BCUT2D eigenvalue weighted by Crippen LogP contribution is 2.40. The van der Waals surface area contributed by atoms with Crippen LogP contribution < -0.4 is 5.32 Å². The van der Waals surface area contributed by atoms with Crippen LogP contribution in [0.4, 0.5) is 0 Å². The Morgan fingerprint density at radius 2 is 2.06 bits per heavy atom. The third-order valence-corrected chi connectivity index (χ3v) is 4.58. The number of nitrogens with one attached hydrogen (secondary N) is 1. The van der Waals surface area contributed by atoms with Gasteiger partial charge in [0.05, 0.1) is 11.7 Å². The molecule has 1 saturated heterocycles. The molecule has 2 heteroatoms. The van der Waals surface area contributed by atoms with E-state index in [1.807, 2.05) is 0 Å². The molecule has 1 N–H and O–H groups in total. The first-order valence-electron chi connectivity index (χ1n) is 7.79. The molecule has 0 aromatic rings. The maximum absolute atomic E-state index is 6.20.